The number of alkyl halides is 1. The van der Waals surface area contributed by atoms with E-state index in [-0.39, 0.29) is 5.41 Å². The summed E-state index contributed by atoms with van der Waals surface area (Å²) in [6.45, 7) is 3.07. The van der Waals surface area contributed by atoms with Crippen LogP contribution >= 0.6 is 11.6 Å². The highest BCUT2D eigenvalue weighted by Crippen LogP contribution is 2.39. The lowest BCUT2D eigenvalue weighted by molar-refractivity contribution is -0.143. The zero-order valence-electron chi connectivity index (χ0n) is 10.2. The number of hydrogen-bond acceptors (Lipinski definition) is 1. The second-order valence-corrected chi connectivity index (χ2v) is 5.88. The third kappa shape index (κ3) is 2.22. The molecule has 1 aliphatic carbocycles. The summed E-state index contributed by atoms with van der Waals surface area (Å²) in [7, 11) is 0. The van der Waals surface area contributed by atoms with Crippen LogP contribution in [0.3, 0.4) is 0 Å². The number of halogens is 1. The van der Waals surface area contributed by atoms with Gasteiger partial charge in [-0.3, -0.25) is 4.79 Å². The zero-order valence-corrected chi connectivity index (χ0v) is 10.9. The number of carbonyl (C=O) groups excluding carboxylic acids is 1. The Labute approximate surface area is 103 Å². The second kappa shape index (κ2) is 4.95. The van der Waals surface area contributed by atoms with E-state index < -0.39 is 0 Å². The lowest BCUT2D eigenvalue weighted by Gasteiger charge is -2.37. The summed E-state index contributed by atoms with van der Waals surface area (Å²) in [5.74, 6) is 0.970. The number of rotatable bonds is 2. The molecule has 0 aromatic carbocycles. The molecule has 2 rings (SSSR count). The Balaban J connectivity index is 2.05. The lowest BCUT2D eigenvalue weighted by Crippen LogP contribution is -2.46. The van der Waals surface area contributed by atoms with Gasteiger partial charge in [0.1, 0.15) is 0 Å². The minimum absolute atomic E-state index is 0.0904. The van der Waals surface area contributed by atoms with E-state index in [0.717, 1.165) is 32.2 Å². The van der Waals surface area contributed by atoms with Crippen LogP contribution in [0.15, 0.2) is 0 Å². The van der Waals surface area contributed by atoms with Crippen molar-refractivity contribution in [3.63, 3.8) is 0 Å². The van der Waals surface area contributed by atoms with Crippen LogP contribution in [0.25, 0.3) is 0 Å². The molecule has 3 heteroatoms. The van der Waals surface area contributed by atoms with E-state index >= 15 is 0 Å². The Morgan fingerprint density at radius 2 is 2.00 bits per heavy atom. The summed E-state index contributed by atoms with van der Waals surface area (Å²) in [5.41, 5.74) is -0.0904. The van der Waals surface area contributed by atoms with E-state index in [0.29, 0.717) is 17.8 Å². The van der Waals surface area contributed by atoms with Crippen LogP contribution in [-0.2, 0) is 4.79 Å². The molecular weight excluding hydrogens is 222 g/mol. The molecular formula is C13H22ClNO. The summed E-state index contributed by atoms with van der Waals surface area (Å²) in [6, 6.07) is 0.299. The average Bonchev–Trinajstić information content (AvgIpc) is 2.77. The van der Waals surface area contributed by atoms with E-state index in [9.17, 15) is 4.79 Å². The van der Waals surface area contributed by atoms with Crippen molar-refractivity contribution in [2.24, 2.45) is 5.41 Å². The molecule has 2 aliphatic rings. The monoisotopic (exact) mass is 243 g/mol. The van der Waals surface area contributed by atoms with Crippen LogP contribution in [0.5, 0.6) is 0 Å². The standard InChI is InChI=1S/C13H22ClNO/c1-13(7-3-2-4-8-13)12(16)15-9-5-6-11(15)10-14/h11H,2-10H2,1H3. The first-order valence-electron chi connectivity index (χ1n) is 6.54. The van der Waals surface area contributed by atoms with E-state index in [1.807, 2.05) is 0 Å². The molecule has 0 bridgehead atoms. The van der Waals surface area contributed by atoms with E-state index in [1.165, 1.54) is 19.3 Å². The molecule has 1 aliphatic heterocycles. The molecule has 1 atom stereocenters. The van der Waals surface area contributed by atoms with Crippen LogP contribution in [0, 0.1) is 5.41 Å². The predicted molar refractivity (Wildman–Crippen MR) is 66.6 cm³/mol. The molecule has 0 N–H and O–H groups in total. The van der Waals surface area contributed by atoms with Crippen molar-refractivity contribution < 1.29 is 4.79 Å². The topological polar surface area (TPSA) is 20.3 Å². The highest BCUT2D eigenvalue weighted by atomic mass is 35.5. The van der Waals surface area contributed by atoms with Gasteiger partial charge < -0.3 is 4.90 Å². The van der Waals surface area contributed by atoms with Gasteiger partial charge in [0.25, 0.3) is 0 Å². The molecule has 2 fully saturated rings. The highest BCUT2D eigenvalue weighted by molar-refractivity contribution is 6.18. The van der Waals surface area contributed by atoms with Gasteiger partial charge in [0.15, 0.2) is 0 Å². The number of likely N-dealkylation sites (tertiary alicyclic amines) is 1. The Kier molecular flexibility index (Phi) is 3.78. The summed E-state index contributed by atoms with van der Waals surface area (Å²) in [6.07, 6.45) is 8.06. The molecule has 1 unspecified atom stereocenters. The minimum atomic E-state index is -0.0904. The van der Waals surface area contributed by atoms with Crippen molar-refractivity contribution in [3.8, 4) is 0 Å². The zero-order chi connectivity index (χ0) is 11.6. The SMILES string of the molecule is CC1(C(=O)N2CCCC2CCl)CCCCC1. The first kappa shape index (κ1) is 12.2. The summed E-state index contributed by atoms with van der Waals surface area (Å²) in [5, 5.41) is 0. The summed E-state index contributed by atoms with van der Waals surface area (Å²) < 4.78 is 0. The quantitative estimate of drug-likeness (QED) is 0.683. The Morgan fingerprint density at radius 3 is 2.62 bits per heavy atom. The smallest absolute Gasteiger partial charge is 0.228 e. The molecule has 1 amide bonds. The van der Waals surface area contributed by atoms with Crippen LogP contribution in [-0.4, -0.2) is 29.3 Å². The number of hydrogen-bond donors (Lipinski definition) is 0. The molecule has 1 saturated heterocycles. The van der Waals surface area contributed by atoms with Crippen molar-refractivity contribution in [2.75, 3.05) is 12.4 Å². The lowest BCUT2D eigenvalue weighted by atomic mass is 9.74. The van der Waals surface area contributed by atoms with Crippen LogP contribution < -0.4 is 0 Å². The van der Waals surface area contributed by atoms with Crippen LogP contribution in [0.4, 0.5) is 0 Å². The highest BCUT2D eigenvalue weighted by Gasteiger charge is 2.40. The van der Waals surface area contributed by atoms with Gasteiger partial charge in [0, 0.05) is 23.9 Å². The summed E-state index contributed by atoms with van der Waals surface area (Å²) >= 11 is 5.94. The number of carbonyl (C=O) groups is 1. The second-order valence-electron chi connectivity index (χ2n) is 5.57. The first-order valence-corrected chi connectivity index (χ1v) is 7.08. The Morgan fingerprint density at radius 1 is 1.31 bits per heavy atom. The van der Waals surface area contributed by atoms with Gasteiger partial charge in [-0.1, -0.05) is 26.2 Å². The third-order valence-corrected chi connectivity index (χ3v) is 4.65. The molecule has 0 aromatic rings. The van der Waals surface area contributed by atoms with Gasteiger partial charge in [0.2, 0.25) is 5.91 Å². The molecule has 16 heavy (non-hydrogen) atoms. The van der Waals surface area contributed by atoms with Crippen molar-refractivity contribution in [1.29, 1.82) is 0 Å². The number of amides is 1. The van der Waals surface area contributed by atoms with Gasteiger partial charge >= 0.3 is 0 Å². The fourth-order valence-corrected chi connectivity index (χ4v) is 3.48. The maximum atomic E-state index is 12.6. The molecule has 0 spiro atoms. The normalized spacial score (nSPS) is 29.4. The van der Waals surface area contributed by atoms with Gasteiger partial charge in [-0.15, -0.1) is 11.6 Å². The van der Waals surface area contributed by atoms with Crippen molar-refractivity contribution in [3.05, 3.63) is 0 Å². The summed E-state index contributed by atoms with van der Waals surface area (Å²) in [4.78, 5) is 14.6. The number of nitrogens with zero attached hydrogens (tertiary/aromatic N) is 1. The van der Waals surface area contributed by atoms with Gasteiger partial charge in [-0.2, -0.15) is 0 Å². The molecule has 2 nitrogen and oxygen atoms in total. The van der Waals surface area contributed by atoms with Crippen molar-refractivity contribution in [2.45, 2.75) is 57.9 Å². The van der Waals surface area contributed by atoms with Gasteiger partial charge in [-0.25, -0.2) is 0 Å². The van der Waals surface area contributed by atoms with E-state index in [4.69, 9.17) is 11.6 Å². The van der Waals surface area contributed by atoms with Crippen molar-refractivity contribution >= 4 is 17.5 Å². The molecule has 0 radical (unpaired) electrons. The predicted octanol–water partition coefficient (Wildman–Crippen LogP) is 3.19. The average molecular weight is 244 g/mol. The van der Waals surface area contributed by atoms with Gasteiger partial charge in [-0.05, 0) is 25.7 Å². The molecule has 1 heterocycles. The van der Waals surface area contributed by atoms with Gasteiger partial charge in [0.05, 0.1) is 0 Å². The molecule has 0 aromatic heterocycles. The first-order chi connectivity index (χ1) is 7.67. The minimum Gasteiger partial charge on any atom is -0.338 e. The largest absolute Gasteiger partial charge is 0.338 e. The maximum Gasteiger partial charge on any atom is 0.228 e. The molecule has 1 saturated carbocycles. The van der Waals surface area contributed by atoms with Crippen LogP contribution in [0.1, 0.15) is 51.9 Å². The third-order valence-electron chi connectivity index (χ3n) is 4.29. The Hall–Kier alpha value is -0.240. The fourth-order valence-electron chi connectivity index (χ4n) is 3.16. The van der Waals surface area contributed by atoms with Crippen molar-refractivity contribution in [1.82, 2.24) is 4.90 Å². The fraction of sp³-hybridized carbons (Fsp3) is 0.923. The van der Waals surface area contributed by atoms with Crippen LogP contribution in [0.2, 0.25) is 0 Å². The molecule has 92 valence electrons. The maximum absolute atomic E-state index is 12.6. The van der Waals surface area contributed by atoms with E-state index in [1.54, 1.807) is 0 Å². The Bertz CT molecular complexity index is 261. The van der Waals surface area contributed by atoms with E-state index in [2.05, 4.69) is 11.8 Å².